The molecule has 0 aliphatic carbocycles. The Bertz CT molecular complexity index is 308. The third kappa shape index (κ3) is 2.30. The van der Waals surface area contributed by atoms with Crippen molar-refractivity contribution in [2.24, 2.45) is 0 Å². The molecular formula is C8H8BNO2. The summed E-state index contributed by atoms with van der Waals surface area (Å²) in [7, 11) is 0. The van der Waals surface area contributed by atoms with Crippen LogP contribution in [-0.4, -0.2) is 22.8 Å². The van der Waals surface area contributed by atoms with Crippen molar-refractivity contribution < 1.29 is 9.90 Å². The molecule has 0 spiro atoms. The van der Waals surface area contributed by atoms with Crippen molar-refractivity contribution in [2.75, 3.05) is 0 Å². The Hall–Kier alpha value is -1.45. The normalized spacial score (nSPS) is 10.9. The monoisotopic (exact) mass is 161 g/mol. The molecule has 0 atom stereocenters. The van der Waals surface area contributed by atoms with E-state index in [0.29, 0.717) is 5.69 Å². The molecule has 0 aliphatic rings. The van der Waals surface area contributed by atoms with Gasteiger partial charge in [0, 0.05) is 0 Å². The van der Waals surface area contributed by atoms with Crippen molar-refractivity contribution in [1.29, 1.82) is 0 Å². The molecule has 0 bridgehead atoms. The Balaban J connectivity index is 2.93. The minimum atomic E-state index is -0.196. The maximum absolute atomic E-state index is 10.6. The van der Waals surface area contributed by atoms with E-state index in [2.05, 4.69) is 4.98 Å². The third-order valence-electron chi connectivity index (χ3n) is 1.27. The van der Waals surface area contributed by atoms with E-state index >= 15 is 0 Å². The molecule has 1 aromatic heterocycles. The summed E-state index contributed by atoms with van der Waals surface area (Å²) in [6.07, 6.45) is 2.70. The van der Waals surface area contributed by atoms with Gasteiger partial charge in [0.2, 0.25) is 0 Å². The molecule has 0 radical (unpaired) electrons. The summed E-state index contributed by atoms with van der Waals surface area (Å²) >= 11 is 0. The van der Waals surface area contributed by atoms with Crippen LogP contribution in [0, 0.1) is 0 Å². The van der Waals surface area contributed by atoms with Gasteiger partial charge in [-0.05, 0) is 0 Å². The topological polar surface area (TPSA) is 50.2 Å². The van der Waals surface area contributed by atoms with E-state index in [1.165, 1.54) is 6.92 Å². The number of allylic oxidation sites excluding steroid dienone is 1. The summed E-state index contributed by atoms with van der Waals surface area (Å²) in [5, 5.41) is 9.27. The van der Waals surface area contributed by atoms with Crippen LogP contribution in [0.25, 0.3) is 5.76 Å². The van der Waals surface area contributed by atoms with Gasteiger partial charge in [-0.3, -0.25) is 0 Å². The predicted molar refractivity (Wildman–Crippen MR) is 46.9 cm³/mol. The molecule has 3 nitrogen and oxygen atoms in total. The third-order valence-corrected chi connectivity index (χ3v) is 1.27. The van der Waals surface area contributed by atoms with Crippen LogP contribution >= 0.6 is 0 Å². The molecule has 0 saturated carbocycles. The van der Waals surface area contributed by atoms with Gasteiger partial charge in [-0.2, -0.15) is 0 Å². The predicted octanol–water partition coefficient (Wildman–Crippen LogP) is 0.908. The summed E-state index contributed by atoms with van der Waals surface area (Å²) in [6.45, 7) is 3.12. The average molecular weight is 161 g/mol. The number of carbonyl (C=O) groups excluding carboxylic acids is 1. The maximum atomic E-state index is 10.6. The van der Waals surface area contributed by atoms with Crippen molar-refractivity contribution in [1.82, 2.24) is 4.98 Å². The van der Waals surface area contributed by atoms with Gasteiger partial charge in [0.05, 0.1) is 0 Å². The van der Waals surface area contributed by atoms with Gasteiger partial charge in [0.15, 0.2) is 0 Å². The first-order valence-corrected chi connectivity index (χ1v) is 3.53. The van der Waals surface area contributed by atoms with E-state index in [9.17, 15) is 9.90 Å². The molecule has 0 fully saturated rings. The van der Waals surface area contributed by atoms with Gasteiger partial charge >= 0.3 is 70.2 Å². The Labute approximate surface area is 71.0 Å². The van der Waals surface area contributed by atoms with E-state index < -0.39 is 0 Å². The SMILES string of the molecule is CC(=O)/C=C(\O)c1cbccn1. The van der Waals surface area contributed by atoms with Crippen LogP contribution in [0.15, 0.2) is 24.2 Å². The molecule has 0 aromatic carbocycles. The van der Waals surface area contributed by atoms with Gasteiger partial charge in [-0.1, -0.05) is 0 Å². The zero-order valence-electron chi connectivity index (χ0n) is 6.69. The van der Waals surface area contributed by atoms with Crippen LogP contribution in [0.2, 0.25) is 0 Å². The van der Waals surface area contributed by atoms with Crippen LogP contribution in [0.5, 0.6) is 0 Å². The molecule has 0 unspecified atom stereocenters. The first-order chi connectivity index (χ1) is 5.70. The summed E-state index contributed by atoms with van der Waals surface area (Å²) < 4.78 is 0. The van der Waals surface area contributed by atoms with Crippen molar-refractivity contribution in [3.8, 4) is 0 Å². The van der Waals surface area contributed by atoms with Crippen molar-refractivity contribution in [3.05, 3.63) is 29.9 Å². The van der Waals surface area contributed by atoms with E-state index in [1.54, 1.807) is 25.0 Å². The molecule has 4 heteroatoms. The van der Waals surface area contributed by atoms with Crippen LogP contribution in [-0.2, 0) is 4.79 Å². The fraction of sp³-hybridized carbons (Fsp3) is 0.125. The molecule has 1 aromatic rings. The number of hydrogen-bond acceptors (Lipinski definition) is 3. The zero-order valence-corrected chi connectivity index (χ0v) is 6.69. The number of ketones is 1. The number of hydrogen-bond donors (Lipinski definition) is 1. The van der Waals surface area contributed by atoms with Crippen LogP contribution in [0.1, 0.15) is 12.6 Å². The zero-order chi connectivity index (χ0) is 8.97. The first-order valence-electron chi connectivity index (χ1n) is 3.53. The van der Waals surface area contributed by atoms with Crippen molar-refractivity contribution in [3.63, 3.8) is 0 Å². The minimum absolute atomic E-state index is 0.0944. The van der Waals surface area contributed by atoms with Crippen molar-refractivity contribution >= 4 is 18.5 Å². The number of carbonyl (C=O) groups is 1. The molecular weight excluding hydrogens is 153 g/mol. The summed E-state index contributed by atoms with van der Waals surface area (Å²) in [5.74, 6) is 3.08. The summed E-state index contributed by atoms with van der Waals surface area (Å²) in [4.78, 5) is 14.4. The molecule has 0 aliphatic heterocycles. The molecule has 0 amide bonds. The first kappa shape index (κ1) is 8.65. The molecule has 0 saturated heterocycles. The Morgan fingerprint density at radius 3 is 3.00 bits per heavy atom. The number of aliphatic hydroxyl groups excluding tert-OH is 1. The van der Waals surface area contributed by atoms with E-state index in [4.69, 9.17) is 0 Å². The van der Waals surface area contributed by atoms with Crippen LogP contribution in [0.3, 0.4) is 0 Å². The second kappa shape index (κ2) is 3.81. The molecule has 1 N–H and O–H groups in total. The van der Waals surface area contributed by atoms with Crippen molar-refractivity contribution in [2.45, 2.75) is 6.92 Å². The number of nitrogens with zero attached hydrogens (tertiary/aromatic N) is 1. The molecule has 12 heavy (non-hydrogen) atoms. The van der Waals surface area contributed by atoms with Gasteiger partial charge in [0.25, 0.3) is 0 Å². The van der Waals surface area contributed by atoms with Crippen LogP contribution in [0.4, 0.5) is 0 Å². The van der Waals surface area contributed by atoms with E-state index in [1.807, 2.05) is 0 Å². The van der Waals surface area contributed by atoms with E-state index in [0.717, 1.165) is 6.08 Å². The standard InChI is InChI=1S/C8H8BNO2/c1-6(11)4-8(12)7-5-9-2-3-10-7/h2-5,12H,1H3/b8-4-. The van der Waals surface area contributed by atoms with E-state index in [-0.39, 0.29) is 11.5 Å². The molecule has 1 heterocycles. The second-order valence-electron chi connectivity index (χ2n) is 2.36. The Morgan fingerprint density at radius 1 is 1.75 bits per heavy atom. The van der Waals surface area contributed by atoms with Gasteiger partial charge in [-0.25, -0.2) is 0 Å². The summed E-state index contributed by atoms with van der Waals surface area (Å²) in [5.41, 5.74) is 0.410. The fourth-order valence-corrected chi connectivity index (χ4v) is 0.781. The second-order valence-corrected chi connectivity index (χ2v) is 2.36. The van der Waals surface area contributed by atoms with Gasteiger partial charge in [0.1, 0.15) is 0 Å². The molecule has 1 rings (SSSR count). The van der Waals surface area contributed by atoms with Crippen LogP contribution < -0.4 is 0 Å². The summed E-state index contributed by atoms with van der Waals surface area (Å²) in [6, 6.07) is 0. The van der Waals surface area contributed by atoms with Gasteiger partial charge < -0.3 is 0 Å². The Kier molecular flexibility index (Phi) is 2.74. The number of rotatable bonds is 2. The van der Waals surface area contributed by atoms with Gasteiger partial charge in [-0.15, -0.1) is 0 Å². The quantitative estimate of drug-likeness (QED) is 0.517. The molecule has 60 valence electrons. The number of aliphatic hydroxyl groups is 1. The number of aromatic nitrogens is 1. The average Bonchev–Trinajstić information content (AvgIpc) is 2.05. The Morgan fingerprint density at radius 2 is 2.50 bits per heavy atom. The fourth-order valence-electron chi connectivity index (χ4n) is 0.781.